The number of hydrogen-bond acceptors (Lipinski definition) is 4. The molecule has 2 aromatic rings. The first-order valence-corrected chi connectivity index (χ1v) is 10.3. The second-order valence-electron chi connectivity index (χ2n) is 8.03. The largest absolute Gasteiger partial charge is 0.573 e. The van der Waals surface area contributed by atoms with Gasteiger partial charge in [-0.25, -0.2) is 4.79 Å². The molecule has 3 N–H and O–H groups in total. The molecule has 168 valence electrons. The molecule has 0 amide bonds. The minimum atomic E-state index is -4.76. The van der Waals surface area contributed by atoms with Gasteiger partial charge in [-0.1, -0.05) is 43.7 Å². The number of carboxylic acid groups (broad SMARTS) is 1. The van der Waals surface area contributed by atoms with Crippen molar-refractivity contribution in [2.75, 3.05) is 11.9 Å². The van der Waals surface area contributed by atoms with Gasteiger partial charge >= 0.3 is 12.3 Å². The Labute approximate surface area is 179 Å². The Kier molecular flexibility index (Phi) is 6.79. The van der Waals surface area contributed by atoms with Gasteiger partial charge in [0.2, 0.25) is 0 Å². The maximum Gasteiger partial charge on any atom is 0.573 e. The van der Waals surface area contributed by atoms with Gasteiger partial charge in [-0.3, -0.25) is 0 Å². The van der Waals surface area contributed by atoms with E-state index in [9.17, 15) is 23.1 Å². The van der Waals surface area contributed by atoms with Crippen LogP contribution in [0.1, 0.15) is 53.4 Å². The van der Waals surface area contributed by atoms with Crippen molar-refractivity contribution in [2.45, 2.75) is 52.1 Å². The van der Waals surface area contributed by atoms with Crippen molar-refractivity contribution >= 4 is 11.7 Å². The van der Waals surface area contributed by atoms with Gasteiger partial charge in [0.25, 0.3) is 0 Å². The van der Waals surface area contributed by atoms with Crippen LogP contribution in [0.5, 0.6) is 5.75 Å². The minimum Gasteiger partial charge on any atom is -0.478 e. The number of hydrogen-bond donors (Lipinski definition) is 3. The number of aromatic carboxylic acids is 1. The molecule has 1 aliphatic heterocycles. The van der Waals surface area contributed by atoms with Gasteiger partial charge in [0.1, 0.15) is 5.75 Å². The Morgan fingerprint density at radius 2 is 2.03 bits per heavy atom. The van der Waals surface area contributed by atoms with E-state index in [0.29, 0.717) is 36.2 Å². The normalized spacial score (nSPS) is 21.5. The van der Waals surface area contributed by atoms with Crippen LogP contribution in [0.25, 0.3) is 0 Å². The summed E-state index contributed by atoms with van der Waals surface area (Å²) in [5, 5.41) is 16.1. The second kappa shape index (κ2) is 9.18. The van der Waals surface area contributed by atoms with Crippen LogP contribution < -0.4 is 15.4 Å². The van der Waals surface area contributed by atoms with E-state index in [1.54, 1.807) is 37.3 Å². The van der Waals surface area contributed by atoms with Gasteiger partial charge in [-0.05, 0) is 43.4 Å². The van der Waals surface area contributed by atoms with Crippen LogP contribution in [0.3, 0.4) is 0 Å². The van der Waals surface area contributed by atoms with Gasteiger partial charge in [-0.2, -0.15) is 0 Å². The van der Waals surface area contributed by atoms with Crippen molar-refractivity contribution in [2.24, 2.45) is 5.92 Å². The number of benzene rings is 2. The topological polar surface area (TPSA) is 70.6 Å². The number of piperidine rings is 1. The number of nitrogens with one attached hydrogen (secondary N) is 2. The van der Waals surface area contributed by atoms with E-state index in [0.717, 1.165) is 5.56 Å². The zero-order valence-corrected chi connectivity index (χ0v) is 17.7. The van der Waals surface area contributed by atoms with Crippen molar-refractivity contribution in [3.63, 3.8) is 0 Å². The molecule has 3 rings (SSSR count). The van der Waals surface area contributed by atoms with Crippen molar-refractivity contribution in [1.82, 2.24) is 5.32 Å². The third-order valence-electron chi connectivity index (χ3n) is 5.64. The van der Waals surface area contributed by atoms with Crippen LogP contribution in [-0.2, 0) is 6.42 Å². The summed E-state index contributed by atoms with van der Waals surface area (Å²) in [4.78, 5) is 11.6. The fourth-order valence-electron chi connectivity index (χ4n) is 4.21. The van der Waals surface area contributed by atoms with E-state index in [1.807, 2.05) is 19.9 Å². The van der Waals surface area contributed by atoms with Gasteiger partial charge in [0.05, 0.1) is 5.56 Å². The van der Waals surface area contributed by atoms with E-state index in [4.69, 9.17) is 0 Å². The van der Waals surface area contributed by atoms with E-state index in [2.05, 4.69) is 15.4 Å². The predicted octanol–water partition coefficient (Wildman–Crippen LogP) is 5.31. The van der Waals surface area contributed by atoms with E-state index in [-0.39, 0.29) is 29.3 Å². The zero-order valence-electron chi connectivity index (χ0n) is 17.7. The highest BCUT2D eigenvalue weighted by molar-refractivity contribution is 5.94. The Hall–Kier alpha value is -2.74. The maximum absolute atomic E-state index is 13.0. The highest BCUT2D eigenvalue weighted by Crippen LogP contribution is 2.39. The summed E-state index contributed by atoms with van der Waals surface area (Å²) < 4.78 is 43.5. The number of halogens is 3. The molecular weight excluding hydrogens is 409 g/mol. The lowest BCUT2D eigenvalue weighted by atomic mass is 9.84. The van der Waals surface area contributed by atoms with E-state index in [1.165, 1.54) is 0 Å². The Balaban J connectivity index is 1.80. The number of anilines is 1. The lowest BCUT2D eigenvalue weighted by Crippen LogP contribution is -2.45. The lowest BCUT2D eigenvalue weighted by molar-refractivity contribution is -0.275. The Morgan fingerprint density at radius 1 is 1.29 bits per heavy atom. The average Bonchev–Trinajstić information content (AvgIpc) is 2.68. The molecule has 1 heterocycles. The van der Waals surface area contributed by atoms with Gasteiger partial charge in [0.15, 0.2) is 0 Å². The van der Waals surface area contributed by atoms with Crippen molar-refractivity contribution in [3.05, 3.63) is 58.7 Å². The molecule has 3 unspecified atom stereocenters. The molecule has 0 bridgehead atoms. The molecule has 1 saturated heterocycles. The Morgan fingerprint density at radius 3 is 2.65 bits per heavy atom. The van der Waals surface area contributed by atoms with Gasteiger partial charge in [0, 0.05) is 29.9 Å². The molecule has 1 aliphatic rings. The quantitative estimate of drug-likeness (QED) is 0.573. The average molecular weight is 436 g/mol. The number of para-hydroxylation sites is 1. The summed E-state index contributed by atoms with van der Waals surface area (Å²) in [6, 6.07) is 9.90. The molecule has 0 radical (unpaired) electrons. The first-order valence-electron chi connectivity index (χ1n) is 10.3. The highest BCUT2D eigenvalue weighted by atomic mass is 19.4. The molecular formula is C23H27F3N2O3. The summed E-state index contributed by atoms with van der Waals surface area (Å²) in [5.41, 5.74) is 2.58. The molecule has 0 saturated carbocycles. The van der Waals surface area contributed by atoms with Crippen molar-refractivity contribution in [1.29, 1.82) is 0 Å². The van der Waals surface area contributed by atoms with E-state index >= 15 is 0 Å². The molecule has 0 aromatic heterocycles. The molecule has 31 heavy (non-hydrogen) atoms. The van der Waals surface area contributed by atoms with Crippen LogP contribution in [-0.4, -0.2) is 30.0 Å². The van der Waals surface area contributed by atoms with Gasteiger partial charge in [-0.15, -0.1) is 13.2 Å². The van der Waals surface area contributed by atoms with Gasteiger partial charge < -0.3 is 20.5 Å². The number of rotatable bonds is 6. The van der Waals surface area contributed by atoms with Crippen LogP contribution in [0.15, 0.2) is 36.4 Å². The summed E-state index contributed by atoms with van der Waals surface area (Å²) in [7, 11) is 0. The van der Waals surface area contributed by atoms with Crippen LogP contribution >= 0.6 is 0 Å². The van der Waals surface area contributed by atoms with Crippen LogP contribution in [0.4, 0.5) is 18.9 Å². The first-order chi connectivity index (χ1) is 14.6. The maximum atomic E-state index is 13.0. The molecule has 1 fully saturated rings. The highest BCUT2D eigenvalue weighted by Gasteiger charge is 2.36. The monoisotopic (exact) mass is 436 g/mol. The third-order valence-corrected chi connectivity index (χ3v) is 5.64. The van der Waals surface area contributed by atoms with Crippen molar-refractivity contribution in [3.8, 4) is 5.75 Å². The number of carbonyl (C=O) groups is 1. The summed E-state index contributed by atoms with van der Waals surface area (Å²) in [6.45, 7) is 6.07. The zero-order chi connectivity index (χ0) is 22.8. The van der Waals surface area contributed by atoms with Crippen LogP contribution in [0.2, 0.25) is 0 Å². The van der Waals surface area contributed by atoms with Crippen LogP contribution in [0, 0.1) is 12.8 Å². The lowest BCUT2D eigenvalue weighted by Gasteiger charge is -2.37. The number of ether oxygens (including phenoxy) is 1. The number of carboxylic acids is 1. The molecule has 0 aliphatic carbocycles. The fraction of sp³-hybridized carbons (Fsp3) is 0.435. The Bertz CT molecular complexity index is 946. The summed E-state index contributed by atoms with van der Waals surface area (Å²) in [6.07, 6.45) is -3.68. The molecule has 5 nitrogen and oxygen atoms in total. The minimum absolute atomic E-state index is 0.00679. The molecule has 8 heteroatoms. The third kappa shape index (κ3) is 5.50. The standard InChI is InChI=1S/C23H27F3N2O3/c1-4-15-6-5-7-17(21(15)31-23(24,25)26)20-14(3)11-16(12-27-20)28-19-9-8-13(2)10-18(19)22(29)30/h5-10,14,16,20,27-28H,4,11-12H2,1-3H3,(H,29,30). The summed E-state index contributed by atoms with van der Waals surface area (Å²) >= 11 is 0. The predicted molar refractivity (Wildman–Crippen MR) is 113 cm³/mol. The smallest absolute Gasteiger partial charge is 0.478 e. The summed E-state index contributed by atoms with van der Waals surface area (Å²) in [5.74, 6) is -1.14. The molecule has 0 spiro atoms. The SMILES string of the molecule is CCc1cccc(C2NCC(Nc3ccc(C)cc3C(=O)O)CC2C)c1OC(F)(F)F. The fourth-order valence-corrected chi connectivity index (χ4v) is 4.21. The number of alkyl halides is 3. The number of aryl methyl sites for hydroxylation is 2. The second-order valence-corrected chi connectivity index (χ2v) is 8.03. The van der Waals surface area contributed by atoms with Crippen molar-refractivity contribution < 1.29 is 27.8 Å². The van der Waals surface area contributed by atoms with E-state index < -0.39 is 12.3 Å². The molecule has 2 aromatic carbocycles. The molecule has 3 atom stereocenters. The first kappa shape index (κ1) is 22.9.